The molecule has 15 N–H and O–H groups in total. The van der Waals surface area contributed by atoms with Crippen molar-refractivity contribution in [3.05, 3.63) is 50.7 Å². The first-order chi connectivity index (χ1) is 32.5. The normalized spacial score (nSPS) is 24.1. The number of ether oxygens (including phenoxy) is 4. The largest absolute Gasteiger partial charge is 0.490 e. The van der Waals surface area contributed by atoms with Crippen LogP contribution in [-0.2, 0) is 72.6 Å². The maximum Gasteiger partial charge on any atom is 0.490 e. The highest BCUT2D eigenvalue weighted by atomic mass is 33.1. The fourth-order valence-corrected chi connectivity index (χ4v) is 13.5. The number of rotatable bonds is 23. The molecule has 5 rings (SSSR count). The summed E-state index contributed by atoms with van der Waals surface area (Å²) in [5, 5.41) is 0.329. The molecule has 3 aromatic rings. The van der Waals surface area contributed by atoms with E-state index in [9.17, 15) is 56.6 Å². The van der Waals surface area contributed by atoms with E-state index >= 15 is 0 Å². The molecule has 70 heavy (non-hydrogen) atoms. The number of fused-ring (bicyclic) bond motifs is 1. The number of anilines is 1. The second-order valence-corrected chi connectivity index (χ2v) is 24.7. The summed E-state index contributed by atoms with van der Waals surface area (Å²) < 4.78 is 122. The van der Waals surface area contributed by atoms with Crippen LogP contribution in [0.25, 0.3) is 11.0 Å². The number of aromatic nitrogens is 5. The monoisotopic (exact) mass is 1150 g/mol. The fourth-order valence-electron chi connectivity index (χ4n) is 6.14. The van der Waals surface area contributed by atoms with Gasteiger partial charge in [-0.2, -0.15) is 17.2 Å². The predicted octanol–water partition coefficient (Wildman–Crippen LogP) is -0.487. The maximum absolute atomic E-state index is 12.8. The number of phosphoric ester groups is 2. The van der Waals surface area contributed by atoms with E-state index in [0.717, 1.165) is 38.7 Å². The van der Waals surface area contributed by atoms with E-state index in [-0.39, 0.29) is 54.8 Å². The number of H-pyrrole nitrogens is 1. The van der Waals surface area contributed by atoms with Crippen LogP contribution in [0.5, 0.6) is 0 Å². The minimum atomic E-state index is -5.90. The molecule has 34 nitrogen and oxygen atoms in total. The standard InChI is InChI=1S/C28H40N8O26P6S2/c29-5-1-3-16-9-35(26-24(16)25(31)32-13-33-26)22-7-18(20(57-22)11-55-65(45,46)61-67(49,50)59-63(39,40)41)53-14-69-70-15-54-19-8-23(36-10-17(4-2-6-30)27(37)34-28(36)38)58-21(19)12-56-66(47,48)62-68(51,52)60-64(42,43)44/h9-10,13,18-23H,5-8,11-12,14-15,29-30H2,(H,45,46)(H,47,48)(H,49,50)(H,51,52)(H2,31,32,33)(H,34,37,38)(H2,39,40,41)(H2,42,43,44)/t18?,19?,20-,21-,22-,23-/m1/s1. The van der Waals surface area contributed by atoms with Crippen molar-refractivity contribution < 1.29 is 112 Å². The molecule has 10 atom stereocenters. The van der Waals surface area contributed by atoms with E-state index in [0.29, 0.717) is 10.9 Å². The topological polar surface area (TPSA) is 520 Å². The second-order valence-electron chi connectivity index (χ2n) is 13.5. The molecular formula is C28H40N8O26P6S2. The average molecular weight is 1150 g/mol. The number of nitrogens with two attached hydrogens (primary N) is 3. The lowest BCUT2D eigenvalue weighted by Crippen LogP contribution is -2.33. The lowest BCUT2D eigenvalue weighted by molar-refractivity contribution is -0.0544. The molecule has 42 heteroatoms. The first kappa shape index (κ1) is 58.4. The van der Waals surface area contributed by atoms with E-state index in [4.69, 9.17) is 64.8 Å². The Kier molecular flexibility index (Phi) is 20.2. The summed E-state index contributed by atoms with van der Waals surface area (Å²) in [7, 11) is -32.5. The minimum absolute atomic E-state index is 0.0188. The number of aromatic amines is 1. The van der Waals surface area contributed by atoms with Crippen LogP contribution in [0.2, 0.25) is 0 Å². The van der Waals surface area contributed by atoms with Gasteiger partial charge in [0, 0.05) is 25.2 Å². The van der Waals surface area contributed by atoms with Gasteiger partial charge in [0.1, 0.15) is 59.9 Å². The summed E-state index contributed by atoms with van der Waals surface area (Å²) >= 11 is 0. The first-order valence-corrected chi connectivity index (χ1v) is 30.2. The smallest absolute Gasteiger partial charge is 0.383 e. The van der Waals surface area contributed by atoms with Crippen LogP contribution in [0, 0.1) is 23.7 Å². The zero-order chi connectivity index (χ0) is 51.9. The van der Waals surface area contributed by atoms with Gasteiger partial charge in [-0.15, -0.1) is 0 Å². The van der Waals surface area contributed by atoms with Gasteiger partial charge in [-0.25, -0.2) is 42.2 Å². The molecule has 390 valence electrons. The number of nitrogens with one attached hydrogen (secondary N) is 1. The van der Waals surface area contributed by atoms with Gasteiger partial charge in [0.2, 0.25) is 0 Å². The van der Waals surface area contributed by atoms with Crippen LogP contribution in [0.15, 0.2) is 28.3 Å². The van der Waals surface area contributed by atoms with Gasteiger partial charge < -0.3 is 79.9 Å². The Morgan fingerprint density at radius 3 is 1.61 bits per heavy atom. The predicted molar refractivity (Wildman–Crippen MR) is 236 cm³/mol. The highest BCUT2D eigenvalue weighted by molar-refractivity contribution is 8.76. The molecule has 0 spiro atoms. The summed E-state index contributed by atoms with van der Waals surface area (Å²) in [5.74, 6) is 10.0. The van der Waals surface area contributed by atoms with E-state index in [1.165, 1.54) is 10.8 Å². The van der Waals surface area contributed by atoms with E-state index in [1.54, 1.807) is 0 Å². The Morgan fingerprint density at radius 2 is 1.14 bits per heavy atom. The van der Waals surface area contributed by atoms with Crippen molar-refractivity contribution in [3.8, 4) is 23.7 Å². The Labute approximate surface area is 399 Å². The highest BCUT2D eigenvalue weighted by Crippen LogP contribution is 2.67. The van der Waals surface area contributed by atoms with Crippen LogP contribution in [0.3, 0.4) is 0 Å². The lowest BCUT2D eigenvalue weighted by Gasteiger charge is -2.21. The van der Waals surface area contributed by atoms with E-state index in [2.05, 4.69) is 50.9 Å². The second kappa shape index (κ2) is 24.2. The van der Waals surface area contributed by atoms with Crippen molar-refractivity contribution in [3.63, 3.8) is 0 Å². The van der Waals surface area contributed by atoms with Gasteiger partial charge in [0.25, 0.3) is 5.56 Å². The van der Waals surface area contributed by atoms with Crippen LogP contribution in [0.1, 0.15) is 36.4 Å². The van der Waals surface area contributed by atoms with Crippen molar-refractivity contribution in [2.75, 3.05) is 43.9 Å². The Hall–Kier alpha value is -2.50. The number of nitrogen functional groups attached to an aromatic ring is 1. The molecule has 0 bridgehead atoms. The molecule has 2 aliphatic heterocycles. The molecule has 5 heterocycles. The molecule has 0 aromatic carbocycles. The minimum Gasteiger partial charge on any atom is -0.383 e. The van der Waals surface area contributed by atoms with Crippen molar-refractivity contribution >= 4 is 85.4 Å². The number of phosphoric acid groups is 6. The average Bonchev–Trinajstić information content (AvgIpc) is 3.92. The first-order valence-electron chi connectivity index (χ1n) is 18.7. The molecule has 0 aliphatic carbocycles. The van der Waals surface area contributed by atoms with E-state index < -0.39 is 108 Å². The van der Waals surface area contributed by atoms with Crippen LogP contribution in [0.4, 0.5) is 5.82 Å². The number of nitrogens with zero attached hydrogens (tertiary/aromatic N) is 4. The zero-order valence-corrected chi connectivity index (χ0v) is 41.8. The Balaban J connectivity index is 1.28. The van der Waals surface area contributed by atoms with Gasteiger partial charge in [-0.05, 0) is 0 Å². The van der Waals surface area contributed by atoms with Gasteiger partial charge in [0.05, 0.1) is 49.5 Å². The molecule has 0 saturated carbocycles. The van der Waals surface area contributed by atoms with Crippen molar-refractivity contribution in [2.24, 2.45) is 11.5 Å². The summed E-state index contributed by atoms with van der Waals surface area (Å²) in [5.41, 5.74) is 15.6. The number of hydrogen-bond acceptors (Lipinski definition) is 25. The molecular weight excluding hydrogens is 1110 g/mol. The summed E-state index contributed by atoms with van der Waals surface area (Å²) in [6, 6.07) is 0. The third-order valence-corrected chi connectivity index (χ3v) is 17.9. The van der Waals surface area contributed by atoms with Gasteiger partial charge in [-0.1, -0.05) is 45.3 Å². The van der Waals surface area contributed by atoms with Gasteiger partial charge in [-0.3, -0.25) is 23.4 Å². The molecule has 2 aliphatic rings. The zero-order valence-electron chi connectivity index (χ0n) is 34.8. The van der Waals surface area contributed by atoms with Crippen molar-refractivity contribution in [1.29, 1.82) is 0 Å². The molecule has 2 saturated heterocycles. The fraction of sp³-hybridized carbons (Fsp3) is 0.500. The SMILES string of the molecule is NCC#Cc1cn([C@H]2CC(OCSSCOC3C[C@H](n4cc(C#CCN)c5c(N)ncnc54)O[C@@H]3COP(=O)(O)OP(=O)(O)OP(=O)(O)O)[C@@H](COP(=O)(O)OP(=O)(O)OP(=O)(O)O)O2)c(=O)[nH]c1=O. The lowest BCUT2D eigenvalue weighted by atomic mass is 10.2. The van der Waals surface area contributed by atoms with Gasteiger partial charge >= 0.3 is 52.6 Å². The highest BCUT2D eigenvalue weighted by Gasteiger charge is 2.46. The van der Waals surface area contributed by atoms with Crippen LogP contribution < -0.4 is 28.5 Å². The summed E-state index contributed by atoms with van der Waals surface area (Å²) in [6.45, 7) is -2.07. The Morgan fingerprint density at radius 1 is 0.686 bits per heavy atom. The third-order valence-electron chi connectivity index (χ3n) is 8.62. The molecule has 3 aromatic heterocycles. The number of hydrogen-bond donors (Lipinski definition) is 12. The molecule has 0 radical (unpaired) electrons. The van der Waals surface area contributed by atoms with Crippen LogP contribution >= 0.6 is 68.5 Å². The third kappa shape index (κ3) is 17.6. The quantitative estimate of drug-likeness (QED) is 0.0187. The summed E-state index contributed by atoms with van der Waals surface area (Å²) in [6.07, 6.45) is -3.75. The molecule has 2 fully saturated rings. The Bertz CT molecular complexity index is 2930. The van der Waals surface area contributed by atoms with Crippen molar-refractivity contribution in [2.45, 2.75) is 49.7 Å². The van der Waals surface area contributed by atoms with Crippen molar-refractivity contribution in [1.82, 2.24) is 24.1 Å². The van der Waals surface area contributed by atoms with E-state index in [1.807, 2.05) is 4.98 Å². The van der Waals surface area contributed by atoms with Crippen LogP contribution in [-0.4, -0.2) is 126 Å². The summed E-state index contributed by atoms with van der Waals surface area (Å²) in [4.78, 5) is 110. The molecule has 6 unspecified atom stereocenters. The molecule has 0 amide bonds. The van der Waals surface area contributed by atoms with Gasteiger partial charge in [0.15, 0.2) is 0 Å². The maximum atomic E-state index is 12.8.